The van der Waals surface area contributed by atoms with Crippen LogP contribution in [0.1, 0.15) is 5.69 Å². The molecule has 0 aliphatic rings. The third kappa shape index (κ3) is 3.29. The molecule has 0 saturated carbocycles. The molecule has 0 radical (unpaired) electrons. The average molecular weight is 272 g/mol. The van der Waals surface area contributed by atoms with E-state index in [1.54, 1.807) is 42.6 Å². The van der Waals surface area contributed by atoms with Gasteiger partial charge in [0.05, 0.1) is 12.2 Å². The van der Waals surface area contributed by atoms with E-state index in [1.807, 2.05) is 0 Å². The maximum absolute atomic E-state index is 11.9. The van der Waals surface area contributed by atoms with Crippen molar-refractivity contribution in [3.05, 3.63) is 70.5 Å². The van der Waals surface area contributed by atoms with E-state index in [1.165, 1.54) is 12.1 Å². The highest BCUT2D eigenvalue weighted by atomic mass is 16.7. The summed E-state index contributed by atoms with van der Waals surface area (Å²) in [5, 5.41) is 13.2. The van der Waals surface area contributed by atoms with Gasteiger partial charge < -0.3 is 5.32 Å². The van der Waals surface area contributed by atoms with Gasteiger partial charge in [-0.2, -0.15) is 0 Å². The molecule has 1 aromatic carbocycles. The van der Waals surface area contributed by atoms with Crippen LogP contribution in [0, 0.1) is 10.1 Å². The van der Waals surface area contributed by atoms with Gasteiger partial charge in [-0.1, -0.05) is 24.3 Å². The summed E-state index contributed by atoms with van der Waals surface area (Å²) < 4.78 is 0. The first-order chi connectivity index (χ1) is 9.68. The first kappa shape index (κ1) is 13.5. The molecule has 0 spiro atoms. The number of nitrogens with one attached hydrogen (secondary N) is 1. The van der Waals surface area contributed by atoms with Crippen LogP contribution >= 0.6 is 0 Å². The van der Waals surface area contributed by atoms with Gasteiger partial charge in [-0.25, -0.2) is 14.9 Å². The van der Waals surface area contributed by atoms with E-state index >= 15 is 0 Å². The Hall–Kier alpha value is -2.96. The smallest absolute Gasteiger partial charge is 0.328 e. The van der Waals surface area contributed by atoms with Crippen LogP contribution in [-0.2, 0) is 6.54 Å². The summed E-state index contributed by atoms with van der Waals surface area (Å²) in [6.45, 7) is 0.122. The van der Waals surface area contributed by atoms with Crippen LogP contribution in [0.15, 0.2) is 54.7 Å². The van der Waals surface area contributed by atoms with E-state index in [-0.39, 0.29) is 12.2 Å². The Balaban J connectivity index is 2.07. The SMILES string of the molecule is O=C(NCc1ccccn1)N(c1ccccc1)[N+](=O)[O-]. The van der Waals surface area contributed by atoms with Crippen molar-refractivity contribution in [2.45, 2.75) is 6.54 Å². The lowest BCUT2D eigenvalue weighted by molar-refractivity contribution is -0.481. The number of pyridine rings is 1. The second-order valence-electron chi connectivity index (χ2n) is 3.86. The molecule has 0 bridgehead atoms. The van der Waals surface area contributed by atoms with Gasteiger partial charge in [0.2, 0.25) is 0 Å². The summed E-state index contributed by atoms with van der Waals surface area (Å²) in [6.07, 6.45) is 1.59. The van der Waals surface area contributed by atoms with Gasteiger partial charge in [0.1, 0.15) is 5.69 Å². The second kappa shape index (κ2) is 6.28. The van der Waals surface area contributed by atoms with Gasteiger partial charge in [-0.15, -0.1) is 0 Å². The van der Waals surface area contributed by atoms with E-state index in [4.69, 9.17) is 0 Å². The van der Waals surface area contributed by atoms with Gasteiger partial charge in [-0.05, 0) is 29.3 Å². The largest absolute Gasteiger partial charge is 0.381 e. The predicted molar refractivity (Wildman–Crippen MR) is 72.4 cm³/mol. The quantitative estimate of drug-likeness (QED) is 0.681. The molecule has 7 nitrogen and oxygen atoms in total. The highest BCUT2D eigenvalue weighted by Gasteiger charge is 2.26. The number of hydrogen-bond donors (Lipinski definition) is 1. The molecular formula is C13H12N4O3. The lowest BCUT2D eigenvalue weighted by Crippen LogP contribution is -2.43. The van der Waals surface area contributed by atoms with Crippen molar-refractivity contribution >= 4 is 11.7 Å². The molecule has 0 unspecified atom stereocenters. The van der Waals surface area contributed by atoms with Crippen molar-refractivity contribution in [1.29, 1.82) is 0 Å². The Morgan fingerprint density at radius 1 is 1.20 bits per heavy atom. The Morgan fingerprint density at radius 2 is 1.90 bits per heavy atom. The molecule has 0 saturated heterocycles. The monoisotopic (exact) mass is 272 g/mol. The number of benzene rings is 1. The normalized spacial score (nSPS) is 9.80. The molecule has 0 aliphatic carbocycles. The van der Waals surface area contributed by atoms with Crippen molar-refractivity contribution in [2.24, 2.45) is 0 Å². The first-order valence-electron chi connectivity index (χ1n) is 5.85. The molecule has 2 aromatic rings. The third-order valence-electron chi connectivity index (χ3n) is 2.50. The minimum absolute atomic E-state index is 0.122. The lowest BCUT2D eigenvalue weighted by Gasteiger charge is -2.12. The summed E-state index contributed by atoms with van der Waals surface area (Å²) in [4.78, 5) is 26.9. The number of nitrogens with zero attached hydrogens (tertiary/aromatic N) is 3. The lowest BCUT2D eigenvalue weighted by atomic mass is 10.3. The van der Waals surface area contributed by atoms with E-state index in [9.17, 15) is 14.9 Å². The van der Waals surface area contributed by atoms with E-state index in [0.717, 1.165) is 0 Å². The number of rotatable bonds is 4. The summed E-state index contributed by atoms with van der Waals surface area (Å²) in [7, 11) is 0. The molecule has 1 N–H and O–H groups in total. The Labute approximate surface area is 115 Å². The number of carbonyl (C=O) groups is 1. The van der Waals surface area contributed by atoms with Gasteiger partial charge in [0.15, 0.2) is 5.03 Å². The average Bonchev–Trinajstić information content (AvgIpc) is 2.47. The fourth-order valence-corrected chi connectivity index (χ4v) is 1.60. The van der Waals surface area contributed by atoms with Crippen LogP contribution in [-0.4, -0.2) is 16.0 Å². The Bertz CT molecular complexity index is 589. The third-order valence-corrected chi connectivity index (χ3v) is 2.50. The van der Waals surface area contributed by atoms with Crippen molar-refractivity contribution in [3.63, 3.8) is 0 Å². The fourth-order valence-electron chi connectivity index (χ4n) is 1.60. The maximum Gasteiger partial charge on any atom is 0.381 e. The highest BCUT2D eigenvalue weighted by Crippen LogP contribution is 2.13. The number of amides is 2. The summed E-state index contributed by atoms with van der Waals surface area (Å²) >= 11 is 0. The molecule has 102 valence electrons. The zero-order valence-corrected chi connectivity index (χ0v) is 10.5. The second-order valence-corrected chi connectivity index (χ2v) is 3.86. The number of hydrazine groups is 1. The number of carbonyl (C=O) groups excluding carboxylic acids is 1. The van der Waals surface area contributed by atoms with Crippen LogP contribution in [0.3, 0.4) is 0 Å². The van der Waals surface area contributed by atoms with Crippen molar-refractivity contribution < 1.29 is 9.83 Å². The molecule has 20 heavy (non-hydrogen) atoms. The number of para-hydroxylation sites is 1. The number of aromatic nitrogens is 1. The zero-order chi connectivity index (χ0) is 14.4. The number of urea groups is 1. The molecule has 0 fully saturated rings. The molecular weight excluding hydrogens is 260 g/mol. The van der Waals surface area contributed by atoms with Crippen molar-refractivity contribution in [1.82, 2.24) is 10.3 Å². The van der Waals surface area contributed by atoms with Gasteiger partial charge in [0, 0.05) is 6.20 Å². The molecule has 7 heteroatoms. The van der Waals surface area contributed by atoms with Crippen LogP contribution < -0.4 is 10.3 Å². The predicted octanol–water partition coefficient (Wildman–Crippen LogP) is 1.99. The van der Waals surface area contributed by atoms with E-state index in [2.05, 4.69) is 10.3 Å². The van der Waals surface area contributed by atoms with E-state index < -0.39 is 11.1 Å². The number of nitro groups is 1. The van der Waals surface area contributed by atoms with Crippen molar-refractivity contribution in [3.8, 4) is 0 Å². The van der Waals surface area contributed by atoms with Gasteiger partial charge >= 0.3 is 6.03 Å². The molecule has 1 heterocycles. The minimum Gasteiger partial charge on any atom is -0.328 e. The topological polar surface area (TPSA) is 88.4 Å². The highest BCUT2D eigenvalue weighted by molar-refractivity contribution is 5.89. The number of hydrogen-bond acceptors (Lipinski definition) is 4. The zero-order valence-electron chi connectivity index (χ0n) is 10.5. The molecule has 2 rings (SSSR count). The molecule has 0 aliphatic heterocycles. The van der Waals surface area contributed by atoms with Crippen LogP contribution in [0.4, 0.5) is 10.5 Å². The minimum atomic E-state index is -0.813. The summed E-state index contributed by atoms with van der Waals surface area (Å²) in [5.41, 5.74) is 0.813. The van der Waals surface area contributed by atoms with Gasteiger partial charge in [0.25, 0.3) is 0 Å². The van der Waals surface area contributed by atoms with Crippen molar-refractivity contribution in [2.75, 3.05) is 5.01 Å². The molecule has 0 atom stereocenters. The van der Waals surface area contributed by atoms with Crippen LogP contribution in [0.2, 0.25) is 0 Å². The van der Waals surface area contributed by atoms with Gasteiger partial charge in [-0.3, -0.25) is 4.98 Å². The Kier molecular flexibility index (Phi) is 4.23. The number of anilines is 1. The summed E-state index contributed by atoms with van der Waals surface area (Å²) in [5.74, 6) is 0. The first-order valence-corrected chi connectivity index (χ1v) is 5.85. The maximum atomic E-state index is 11.9. The molecule has 1 aromatic heterocycles. The van der Waals surface area contributed by atoms with Crippen LogP contribution in [0.5, 0.6) is 0 Å². The van der Waals surface area contributed by atoms with E-state index in [0.29, 0.717) is 10.7 Å². The molecule has 2 amide bonds. The fraction of sp³-hybridized carbons (Fsp3) is 0.0769. The summed E-state index contributed by atoms with van der Waals surface area (Å²) in [6, 6.07) is 12.4. The van der Waals surface area contributed by atoms with Crippen LogP contribution in [0.25, 0.3) is 0 Å². The standard InChI is InChI=1S/C13H12N4O3/c18-13(15-10-11-6-4-5-9-14-11)16(17(19)20)12-7-2-1-3-8-12/h1-9H,10H2,(H,15,18). The Morgan fingerprint density at radius 3 is 2.50 bits per heavy atom.